The van der Waals surface area contributed by atoms with Gasteiger partial charge in [0.15, 0.2) is 11.5 Å². The van der Waals surface area contributed by atoms with Crippen molar-refractivity contribution in [2.75, 3.05) is 26.5 Å². The van der Waals surface area contributed by atoms with Crippen LogP contribution in [-0.2, 0) is 17.2 Å². The molecular weight excluding hydrogens is 356 g/mol. The maximum absolute atomic E-state index is 12.8. The SMILES string of the molecule is COc1cc2c(cc1OC)[C@H](C[S@@](=O)c1ccccc1[N+](=O)[O-])NCC2. The summed E-state index contributed by atoms with van der Waals surface area (Å²) >= 11 is 0. The molecule has 2 aromatic rings. The molecule has 0 unspecified atom stereocenters. The highest BCUT2D eigenvalue weighted by Gasteiger charge is 2.27. The number of nitro groups is 1. The highest BCUT2D eigenvalue weighted by atomic mass is 32.2. The van der Waals surface area contributed by atoms with Gasteiger partial charge in [-0.05, 0) is 42.3 Å². The van der Waals surface area contributed by atoms with E-state index < -0.39 is 15.7 Å². The maximum atomic E-state index is 12.8. The Morgan fingerprint density at radius 2 is 1.92 bits per heavy atom. The number of nitrogens with zero attached hydrogens (tertiary/aromatic N) is 1. The maximum Gasteiger partial charge on any atom is 0.285 e. The van der Waals surface area contributed by atoms with Gasteiger partial charge in [0.25, 0.3) is 5.69 Å². The van der Waals surface area contributed by atoms with Crippen molar-refractivity contribution in [1.82, 2.24) is 5.32 Å². The summed E-state index contributed by atoms with van der Waals surface area (Å²) in [5, 5.41) is 14.6. The van der Waals surface area contributed by atoms with E-state index in [0.29, 0.717) is 11.5 Å². The first-order chi connectivity index (χ1) is 12.5. The van der Waals surface area contributed by atoms with E-state index in [2.05, 4.69) is 5.32 Å². The largest absolute Gasteiger partial charge is 0.493 e. The summed E-state index contributed by atoms with van der Waals surface area (Å²) in [6.45, 7) is 0.737. The first-order valence-electron chi connectivity index (χ1n) is 8.15. The fourth-order valence-electron chi connectivity index (χ4n) is 3.16. The number of hydrogen-bond donors (Lipinski definition) is 1. The molecule has 0 bridgehead atoms. The molecule has 2 atom stereocenters. The number of nitro benzene ring substituents is 1. The number of hydrogen-bond acceptors (Lipinski definition) is 6. The summed E-state index contributed by atoms with van der Waals surface area (Å²) in [6, 6.07) is 9.81. The second-order valence-corrected chi connectivity index (χ2v) is 7.36. The monoisotopic (exact) mass is 376 g/mol. The topological polar surface area (TPSA) is 90.7 Å². The van der Waals surface area contributed by atoms with E-state index in [1.54, 1.807) is 32.4 Å². The molecule has 0 saturated heterocycles. The van der Waals surface area contributed by atoms with E-state index in [9.17, 15) is 14.3 Å². The third kappa shape index (κ3) is 3.56. The molecule has 0 amide bonds. The molecule has 0 fully saturated rings. The molecule has 0 spiro atoms. The lowest BCUT2D eigenvalue weighted by Gasteiger charge is -2.27. The average Bonchev–Trinajstić information content (AvgIpc) is 2.67. The van der Waals surface area contributed by atoms with E-state index >= 15 is 0 Å². The van der Waals surface area contributed by atoms with E-state index in [1.165, 1.54) is 6.07 Å². The minimum Gasteiger partial charge on any atom is -0.493 e. The zero-order chi connectivity index (χ0) is 18.7. The average molecular weight is 376 g/mol. The number of rotatable bonds is 6. The Bertz CT molecular complexity index is 855. The van der Waals surface area contributed by atoms with Crippen LogP contribution in [0, 0.1) is 10.1 Å². The predicted octanol–water partition coefficient (Wildman–Crippen LogP) is 2.61. The Hall–Kier alpha value is -2.45. The molecule has 2 aromatic carbocycles. The normalized spacial score (nSPS) is 17.2. The summed E-state index contributed by atoms with van der Waals surface area (Å²) in [5.74, 6) is 1.51. The Morgan fingerprint density at radius 1 is 1.23 bits per heavy atom. The van der Waals surface area contributed by atoms with Crippen LogP contribution in [0.3, 0.4) is 0 Å². The lowest BCUT2D eigenvalue weighted by Crippen LogP contribution is -2.33. The van der Waals surface area contributed by atoms with Crippen LogP contribution in [0.5, 0.6) is 11.5 Å². The van der Waals surface area contributed by atoms with Crippen molar-refractivity contribution in [3.05, 3.63) is 57.6 Å². The molecule has 1 heterocycles. The summed E-state index contributed by atoms with van der Waals surface area (Å²) in [6.07, 6.45) is 0.824. The van der Waals surface area contributed by atoms with E-state index in [1.807, 2.05) is 12.1 Å². The van der Waals surface area contributed by atoms with E-state index in [-0.39, 0.29) is 22.4 Å². The zero-order valence-electron chi connectivity index (χ0n) is 14.6. The zero-order valence-corrected chi connectivity index (χ0v) is 15.4. The van der Waals surface area contributed by atoms with Crippen molar-refractivity contribution in [3.8, 4) is 11.5 Å². The van der Waals surface area contributed by atoms with Crippen molar-refractivity contribution < 1.29 is 18.6 Å². The molecule has 1 N–H and O–H groups in total. The first kappa shape index (κ1) is 18.3. The lowest BCUT2D eigenvalue weighted by molar-refractivity contribution is -0.387. The second-order valence-electron chi connectivity index (χ2n) is 5.90. The van der Waals surface area contributed by atoms with Gasteiger partial charge in [-0.25, -0.2) is 0 Å². The molecule has 1 aliphatic rings. The third-order valence-corrected chi connectivity index (χ3v) is 5.90. The number of ether oxygens (including phenoxy) is 2. The van der Waals surface area contributed by atoms with Crippen molar-refractivity contribution in [2.45, 2.75) is 17.4 Å². The summed E-state index contributed by atoms with van der Waals surface area (Å²) in [5.41, 5.74) is 1.97. The number of methoxy groups -OCH3 is 2. The van der Waals surface area contributed by atoms with Crippen LogP contribution in [-0.4, -0.2) is 35.6 Å². The van der Waals surface area contributed by atoms with Crippen molar-refractivity contribution >= 4 is 16.5 Å². The summed E-state index contributed by atoms with van der Waals surface area (Å²) in [7, 11) is 1.65. The fourth-order valence-corrected chi connectivity index (χ4v) is 4.55. The Kier molecular flexibility index (Phi) is 5.53. The number of benzene rings is 2. The Balaban J connectivity index is 1.91. The number of para-hydroxylation sites is 1. The van der Waals surface area contributed by atoms with Crippen LogP contribution in [0.25, 0.3) is 0 Å². The van der Waals surface area contributed by atoms with Crippen LogP contribution in [0.1, 0.15) is 17.2 Å². The number of nitrogens with one attached hydrogen (secondary N) is 1. The molecule has 8 heteroatoms. The fraction of sp³-hybridized carbons (Fsp3) is 0.333. The standard InChI is InChI=1S/C18H20N2O5S/c1-24-16-9-12-7-8-19-14(13(12)10-17(16)25-2)11-26(23)18-6-4-3-5-15(18)20(21)22/h3-6,9-10,14,19H,7-8,11H2,1-2H3/t14-,26+/m0/s1. The van der Waals surface area contributed by atoms with Gasteiger partial charge < -0.3 is 14.8 Å². The van der Waals surface area contributed by atoms with Gasteiger partial charge in [-0.1, -0.05) is 12.1 Å². The molecule has 3 rings (SSSR count). The molecule has 7 nitrogen and oxygen atoms in total. The Morgan fingerprint density at radius 3 is 2.62 bits per heavy atom. The number of fused-ring (bicyclic) bond motifs is 1. The summed E-state index contributed by atoms with van der Waals surface area (Å²) in [4.78, 5) is 10.9. The van der Waals surface area contributed by atoms with Gasteiger partial charge in [-0.3, -0.25) is 14.3 Å². The second kappa shape index (κ2) is 7.84. The highest BCUT2D eigenvalue weighted by molar-refractivity contribution is 7.85. The smallest absolute Gasteiger partial charge is 0.285 e. The lowest BCUT2D eigenvalue weighted by atomic mass is 9.94. The van der Waals surface area contributed by atoms with Gasteiger partial charge >= 0.3 is 0 Å². The van der Waals surface area contributed by atoms with Crippen LogP contribution >= 0.6 is 0 Å². The van der Waals surface area contributed by atoms with Crippen molar-refractivity contribution in [2.24, 2.45) is 0 Å². The molecular formula is C18H20N2O5S. The van der Waals surface area contributed by atoms with Crippen molar-refractivity contribution in [3.63, 3.8) is 0 Å². The molecule has 138 valence electrons. The minimum absolute atomic E-state index is 0.117. The van der Waals surface area contributed by atoms with Gasteiger partial charge in [0.1, 0.15) is 4.90 Å². The van der Waals surface area contributed by atoms with E-state index in [4.69, 9.17) is 9.47 Å². The molecule has 0 aromatic heterocycles. The third-order valence-electron chi connectivity index (χ3n) is 4.43. The van der Waals surface area contributed by atoms with Crippen molar-refractivity contribution in [1.29, 1.82) is 0 Å². The molecule has 0 saturated carbocycles. The molecule has 1 aliphatic heterocycles. The van der Waals surface area contributed by atoms with Gasteiger partial charge in [0.2, 0.25) is 0 Å². The van der Waals surface area contributed by atoms with Crippen LogP contribution < -0.4 is 14.8 Å². The van der Waals surface area contributed by atoms with Crippen LogP contribution in [0.2, 0.25) is 0 Å². The van der Waals surface area contributed by atoms with Gasteiger partial charge in [-0.2, -0.15) is 0 Å². The van der Waals surface area contributed by atoms with Crippen LogP contribution in [0.15, 0.2) is 41.3 Å². The molecule has 0 aliphatic carbocycles. The van der Waals surface area contributed by atoms with Crippen LogP contribution in [0.4, 0.5) is 5.69 Å². The predicted molar refractivity (Wildman–Crippen MR) is 98.4 cm³/mol. The molecule has 0 radical (unpaired) electrons. The highest BCUT2D eigenvalue weighted by Crippen LogP contribution is 2.36. The minimum atomic E-state index is -1.51. The summed E-state index contributed by atoms with van der Waals surface area (Å²) < 4.78 is 23.6. The van der Waals surface area contributed by atoms with Gasteiger partial charge in [0.05, 0.1) is 29.9 Å². The quantitative estimate of drug-likeness (QED) is 0.616. The first-order valence-corrected chi connectivity index (χ1v) is 9.47. The van der Waals surface area contributed by atoms with Gasteiger partial charge in [0, 0.05) is 17.9 Å². The molecule has 26 heavy (non-hydrogen) atoms. The Labute approximate surface area is 153 Å². The van der Waals surface area contributed by atoms with E-state index in [0.717, 1.165) is 24.1 Å². The van der Waals surface area contributed by atoms with Gasteiger partial charge in [-0.15, -0.1) is 0 Å².